The molecule has 0 aromatic heterocycles. The van der Waals surface area contributed by atoms with Gasteiger partial charge in [-0.25, -0.2) is 0 Å². The van der Waals surface area contributed by atoms with E-state index in [1.54, 1.807) is 24.3 Å². The summed E-state index contributed by atoms with van der Waals surface area (Å²) < 4.78 is 4.99. The first kappa shape index (κ1) is 12.5. The van der Waals surface area contributed by atoms with Crippen molar-refractivity contribution in [2.45, 2.75) is 13.8 Å². The Balaban J connectivity index is 3.21. The molecule has 0 heterocycles. The van der Waals surface area contributed by atoms with Crippen LogP contribution in [0, 0.1) is 0 Å². The molecule has 16 heavy (non-hydrogen) atoms. The minimum atomic E-state index is -0.639. The Morgan fingerprint density at radius 2 is 1.69 bits per heavy atom. The maximum Gasteiger partial charge on any atom is 0.308 e. The fourth-order valence-corrected chi connectivity index (χ4v) is 1.26. The quantitative estimate of drug-likeness (QED) is 0.352. The normalized spacial score (nSPS) is 11.7. The molecule has 3 nitrogen and oxygen atoms in total. The van der Waals surface area contributed by atoms with Crippen LogP contribution in [0.5, 0.6) is 0 Å². The van der Waals surface area contributed by atoms with Gasteiger partial charge in [0.15, 0.2) is 0 Å². The molecule has 0 aliphatic carbocycles. The van der Waals surface area contributed by atoms with Crippen LogP contribution < -0.4 is 0 Å². The number of hydrogen-bond donors (Lipinski definition) is 0. The van der Waals surface area contributed by atoms with Gasteiger partial charge >= 0.3 is 5.97 Å². The van der Waals surface area contributed by atoms with Crippen LogP contribution in [0.4, 0.5) is 0 Å². The van der Waals surface area contributed by atoms with Gasteiger partial charge in [-0.05, 0) is 18.5 Å². The second-order valence-corrected chi connectivity index (χ2v) is 3.53. The zero-order valence-electron chi connectivity index (χ0n) is 8.99. The SMILES string of the molecule is CC(=O)OC(=C(C)C(=O)Cl)c1ccccc1. The maximum atomic E-state index is 11.1. The van der Waals surface area contributed by atoms with Crippen molar-refractivity contribution in [3.05, 3.63) is 41.5 Å². The van der Waals surface area contributed by atoms with E-state index >= 15 is 0 Å². The lowest BCUT2D eigenvalue weighted by Crippen LogP contribution is -2.03. The maximum absolute atomic E-state index is 11.1. The fourth-order valence-electron chi connectivity index (χ4n) is 1.17. The number of carbonyl (C=O) groups excluding carboxylic acids is 2. The van der Waals surface area contributed by atoms with Gasteiger partial charge in [-0.15, -0.1) is 0 Å². The molecule has 0 saturated carbocycles. The van der Waals surface area contributed by atoms with Gasteiger partial charge in [0.2, 0.25) is 0 Å². The number of halogens is 1. The van der Waals surface area contributed by atoms with Crippen LogP contribution in [0.15, 0.2) is 35.9 Å². The average molecular weight is 239 g/mol. The van der Waals surface area contributed by atoms with Crippen LogP contribution in [0.2, 0.25) is 0 Å². The van der Waals surface area contributed by atoms with Crippen molar-refractivity contribution in [3.8, 4) is 0 Å². The highest BCUT2D eigenvalue weighted by molar-refractivity contribution is 6.68. The molecule has 1 aromatic carbocycles. The van der Waals surface area contributed by atoms with Crippen molar-refractivity contribution in [3.63, 3.8) is 0 Å². The first-order valence-corrected chi connectivity index (χ1v) is 5.04. The molecule has 0 N–H and O–H groups in total. The molecular weight excluding hydrogens is 228 g/mol. The molecule has 0 saturated heterocycles. The zero-order chi connectivity index (χ0) is 12.1. The number of ether oxygens (including phenoxy) is 1. The van der Waals surface area contributed by atoms with Crippen molar-refractivity contribution in [2.24, 2.45) is 0 Å². The van der Waals surface area contributed by atoms with E-state index in [2.05, 4.69) is 0 Å². The third kappa shape index (κ3) is 3.21. The van der Waals surface area contributed by atoms with Crippen LogP contribution >= 0.6 is 11.6 Å². The third-order valence-electron chi connectivity index (χ3n) is 1.92. The van der Waals surface area contributed by atoms with E-state index in [4.69, 9.17) is 16.3 Å². The van der Waals surface area contributed by atoms with E-state index in [0.717, 1.165) is 0 Å². The number of rotatable bonds is 3. The number of allylic oxidation sites excluding steroid dienone is 1. The first-order valence-electron chi connectivity index (χ1n) is 4.67. The van der Waals surface area contributed by atoms with Crippen molar-refractivity contribution < 1.29 is 14.3 Å². The van der Waals surface area contributed by atoms with Gasteiger partial charge in [-0.3, -0.25) is 9.59 Å². The molecule has 0 aliphatic rings. The first-order chi connectivity index (χ1) is 7.52. The van der Waals surface area contributed by atoms with Gasteiger partial charge in [0.1, 0.15) is 5.76 Å². The molecule has 0 bridgehead atoms. The van der Waals surface area contributed by atoms with E-state index in [1.165, 1.54) is 13.8 Å². The van der Waals surface area contributed by atoms with E-state index in [9.17, 15) is 9.59 Å². The highest BCUT2D eigenvalue weighted by Gasteiger charge is 2.13. The van der Waals surface area contributed by atoms with Crippen LogP contribution in [0.1, 0.15) is 19.4 Å². The zero-order valence-corrected chi connectivity index (χ0v) is 9.75. The molecule has 1 rings (SSSR count). The van der Waals surface area contributed by atoms with Crippen LogP contribution in [0.25, 0.3) is 5.76 Å². The summed E-state index contributed by atoms with van der Waals surface area (Å²) in [6, 6.07) is 8.87. The summed E-state index contributed by atoms with van der Waals surface area (Å²) in [6.07, 6.45) is 0. The fraction of sp³-hybridized carbons (Fsp3) is 0.167. The summed E-state index contributed by atoms with van der Waals surface area (Å²) in [7, 11) is 0. The van der Waals surface area contributed by atoms with Crippen molar-refractivity contribution in [2.75, 3.05) is 0 Å². The highest BCUT2D eigenvalue weighted by Crippen LogP contribution is 2.21. The average Bonchev–Trinajstić information content (AvgIpc) is 2.26. The minimum absolute atomic E-state index is 0.202. The second-order valence-electron chi connectivity index (χ2n) is 3.19. The number of carbonyl (C=O) groups is 2. The predicted molar refractivity (Wildman–Crippen MR) is 61.7 cm³/mol. The Hall–Kier alpha value is -1.61. The highest BCUT2D eigenvalue weighted by atomic mass is 35.5. The molecule has 0 atom stereocenters. The molecule has 4 heteroatoms. The van der Waals surface area contributed by atoms with Gasteiger partial charge in [-0.2, -0.15) is 0 Å². The lowest BCUT2D eigenvalue weighted by molar-refractivity contribution is -0.134. The van der Waals surface area contributed by atoms with Gasteiger partial charge in [0.05, 0.1) is 5.57 Å². The summed E-state index contributed by atoms with van der Waals surface area (Å²) >= 11 is 5.37. The predicted octanol–water partition coefficient (Wildman–Crippen LogP) is 2.75. The summed E-state index contributed by atoms with van der Waals surface area (Å²) in [5.41, 5.74) is 0.854. The number of hydrogen-bond acceptors (Lipinski definition) is 3. The van der Waals surface area contributed by atoms with Gasteiger partial charge in [0, 0.05) is 12.5 Å². The second kappa shape index (κ2) is 5.47. The molecule has 0 radical (unpaired) electrons. The third-order valence-corrected chi connectivity index (χ3v) is 2.20. The smallest absolute Gasteiger partial charge is 0.308 e. The molecule has 1 aromatic rings. The Labute approximate surface area is 98.7 Å². The molecule has 84 valence electrons. The number of benzene rings is 1. The Morgan fingerprint density at radius 1 is 1.12 bits per heavy atom. The van der Waals surface area contributed by atoms with E-state index in [1.807, 2.05) is 6.07 Å². The van der Waals surface area contributed by atoms with E-state index in [-0.39, 0.29) is 11.3 Å². The molecular formula is C12H11ClO3. The van der Waals surface area contributed by atoms with E-state index < -0.39 is 11.2 Å². The van der Waals surface area contributed by atoms with E-state index in [0.29, 0.717) is 5.56 Å². The monoisotopic (exact) mass is 238 g/mol. The van der Waals surface area contributed by atoms with Crippen LogP contribution in [-0.2, 0) is 14.3 Å². The topological polar surface area (TPSA) is 43.4 Å². The molecule has 0 unspecified atom stereocenters. The molecule has 0 fully saturated rings. The molecule has 0 spiro atoms. The summed E-state index contributed by atoms with van der Waals surface area (Å²) in [6.45, 7) is 2.79. The summed E-state index contributed by atoms with van der Waals surface area (Å²) in [5.74, 6) is -0.288. The molecule has 0 aliphatic heterocycles. The summed E-state index contributed by atoms with van der Waals surface area (Å²) in [4.78, 5) is 22.0. The Morgan fingerprint density at radius 3 is 2.12 bits per heavy atom. The minimum Gasteiger partial charge on any atom is -0.426 e. The number of esters is 1. The van der Waals surface area contributed by atoms with Gasteiger partial charge in [0.25, 0.3) is 5.24 Å². The van der Waals surface area contributed by atoms with Gasteiger partial charge < -0.3 is 4.74 Å². The van der Waals surface area contributed by atoms with Gasteiger partial charge in [-0.1, -0.05) is 30.3 Å². The van der Waals surface area contributed by atoms with Crippen LogP contribution in [0.3, 0.4) is 0 Å². The van der Waals surface area contributed by atoms with Crippen molar-refractivity contribution >= 4 is 28.6 Å². The lowest BCUT2D eigenvalue weighted by atomic mass is 10.1. The lowest BCUT2D eigenvalue weighted by Gasteiger charge is -2.09. The van der Waals surface area contributed by atoms with Crippen molar-refractivity contribution in [1.29, 1.82) is 0 Å². The molecule has 0 amide bonds. The van der Waals surface area contributed by atoms with Crippen LogP contribution in [-0.4, -0.2) is 11.2 Å². The van der Waals surface area contributed by atoms with Crippen molar-refractivity contribution in [1.82, 2.24) is 0 Å². The Bertz CT molecular complexity index is 435. The standard InChI is InChI=1S/C12H11ClO3/c1-8(12(13)15)11(16-9(2)14)10-6-4-3-5-7-10/h3-7H,1-2H3. The largest absolute Gasteiger partial charge is 0.426 e. The summed E-state index contributed by atoms with van der Waals surface area (Å²) in [5, 5.41) is -0.639. The Kier molecular flexibility index (Phi) is 4.26.